The molecule has 2 fully saturated rings. The molecule has 0 aromatic heterocycles. The van der Waals surface area contributed by atoms with Crippen molar-refractivity contribution < 1.29 is 4.74 Å². The third kappa shape index (κ3) is 3.51. The molecule has 2 rings (SSSR count). The van der Waals surface area contributed by atoms with E-state index >= 15 is 0 Å². The fourth-order valence-electron chi connectivity index (χ4n) is 3.88. The molecule has 0 amide bonds. The lowest BCUT2D eigenvalue weighted by Gasteiger charge is -2.38. The Morgan fingerprint density at radius 2 is 1.79 bits per heavy atom. The van der Waals surface area contributed by atoms with Crippen molar-refractivity contribution in [1.82, 2.24) is 0 Å². The van der Waals surface area contributed by atoms with Gasteiger partial charge in [0.2, 0.25) is 0 Å². The van der Waals surface area contributed by atoms with Gasteiger partial charge in [-0.05, 0) is 70.6 Å². The highest BCUT2D eigenvalue weighted by atomic mass is 16.5. The third-order valence-electron chi connectivity index (χ3n) is 5.34. The summed E-state index contributed by atoms with van der Waals surface area (Å²) in [4.78, 5) is 0. The van der Waals surface area contributed by atoms with Gasteiger partial charge in [0.1, 0.15) is 0 Å². The quantitative estimate of drug-likeness (QED) is 0.740. The summed E-state index contributed by atoms with van der Waals surface area (Å²) in [5, 5.41) is 9.65. The Hall–Kier alpha value is -0.550. The molecule has 1 aliphatic carbocycles. The summed E-state index contributed by atoms with van der Waals surface area (Å²) in [7, 11) is 0. The van der Waals surface area contributed by atoms with Gasteiger partial charge in [-0.3, -0.25) is 0 Å². The second kappa shape index (κ2) is 5.44. The van der Waals surface area contributed by atoms with Gasteiger partial charge in [0.25, 0.3) is 0 Å². The molecule has 108 valence electrons. The normalized spacial score (nSPS) is 38.3. The average Bonchev–Trinajstić information content (AvgIpc) is 2.69. The molecule has 0 N–H and O–H groups in total. The summed E-state index contributed by atoms with van der Waals surface area (Å²) in [6, 6.07) is 2.65. The van der Waals surface area contributed by atoms with Gasteiger partial charge in [-0.1, -0.05) is 13.8 Å². The molecule has 1 heterocycles. The summed E-state index contributed by atoms with van der Waals surface area (Å²) >= 11 is 0. The zero-order valence-corrected chi connectivity index (χ0v) is 13.0. The van der Waals surface area contributed by atoms with Crippen molar-refractivity contribution in [2.75, 3.05) is 0 Å². The molecule has 2 aliphatic rings. The van der Waals surface area contributed by atoms with Crippen LogP contribution in [0.4, 0.5) is 0 Å². The minimum Gasteiger partial charge on any atom is -0.372 e. The van der Waals surface area contributed by atoms with E-state index in [0.29, 0.717) is 6.10 Å². The average molecular weight is 263 g/mol. The van der Waals surface area contributed by atoms with E-state index in [4.69, 9.17) is 4.74 Å². The lowest BCUT2D eigenvalue weighted by atomic mass is 9.66. The van der Waals surface area contributed by atoms with E-state index in [9.17, 15) is 5.26 Å². The molecule has 0 aromatic rings. The predicted octanol–water partition coefficient (Wildman–Crippen LogP) is 4.69. The zero-order chi connectivity index (χ0) is 14.1. The van der Waals surface area contributed by atoms with Gasteiger partial charge >= 0.3 is 0 Å². The molecule has 1 aliphatic heterocycles. The van der Waals surface area contributed by atoms with Gasteiger partial charge < -0.3 is 4.74 Å². The largest absolute Gasteiger partial charge is 0.372 e. The van der Waals surface area contributed by atoms with Crippen LogP contribution in [-0.2, 0) is 4.74 Å². The van der Waals surface area contributed by atoms with Crippen molar-refractivity contribution in [2.45, 2.75) is 84.3 Å². The first-order valence-electron chi connectivity index (χ1n) is 7.95. The summed E-state index contributed by atoms with van der Waals surface area (Å²) in [6.45, 7) is 8.96. The van der Waals surface area contributed by atoms with Crippen LogP contribution in [0, 0.1) is 28.6 Å². The highest BCUT2D eigenvalue weighted by Crippen LogP contribution is 2.46. The van der Waals surface area contributed by atoms with Crippen molar-refractivity contribution in [3.63, 3.8) is 0 Å². The molecule has 1 saturated heterocycles. The monoisotopic (exact) mass is 263 g/mol. The molecule has 0 radical (unpaired) electrons. The summed E-state index contributed by atoms with van der Waals surface area (Å²) in [5.41, 5.74) is -0.0765. The van der Waals surface area contributed by atoms with Crippen molar-refractivity contribution in [3.05, 3.63) is 0 Å². The molecule has 19 heavy (non-hydrogen) atoms. The number of nitrogens with zero attached hydrogens (tertiary/aromatic N) is 1. The van der Waals surface area contributed by atoms with E-state index in [-0.39, 0.29) is 11.0 Å². The molecule has 0 spiro atoms. The Morgan fingerprint density at radius 3 is 2.21 bits per heavy atom. The second-order valence-corrected chi connectivity index (χ2v) is 7.72. The highest BCUT2D eigenvalue weighted by molar-refractivity contribution is 5.04. The molecule has 1 atom stereocenters. The van der Waals surface area contributed by atoms with E-state index in [0.717, 1.165) is 43.9 Å². The van der Waals surface area contributed by atoms with Crippen LogP contribution in [0.5, 0.6) is 0 Å². The number of nitriles is 1. The van der Waals surface area contributed by atoms with Gasteiger partial charge in [0.15, 0.2) is 0 Å². The molecule has 0 aromatic carbocycles. The Morgan fingerprint density at radius 1 is 1.16 bits per heavy atom. The van der Waals surface area contributed by atoms with Crippen LogP contribution in [-0.4, -0.2) is 11.7 Å². The standard InChI is InChI=1S/C17H29NO/c1-13(2)14-5-9-17(12-18,10-6-14)11-15-7-8-16(3,4)19-15/h13-15H,5-11H2,1-4H3. The van der Waals surface area contributed by atoms with Crippen LogP contribution in [0.25, 0.3) is 0 Å². The number of rotatable bonds is 3. The van der Waals surface area contributed by atoms with Gasteiger partial charge in [-0.2, -0.15) is 5.26 Å². The fraction of sp³-hybridized carbons (Fsp3) is 0.941. The van der Waals surface area contributed by atoms with E-state index in [2.05, 4.69) is 33.8 Å². The SMILES string of the molecule is CC(C)C1CCC(C#N)(CC2CCC(C)(C)O2)CC1. The predicted molar refractivity (Wildman–Crippen MR) is 77.6 cm³/mol. The molecular formula is C17H29NO. The molecular weight excluding hydrogens is 234 g/mol. The summed E-state index contributed by atoms with van der Waals surface area (Å²) in [6.07, 6.45) is 8.13. The fourth-order valence-corrected chi connectivity index (χ4v) is 3.88. The van der Waals surface area contributed by atoms with E-state index in [1.165, 1.54) is 12.8 Å². The van der Waals surface area contributed by atoms with Gasteiger partial charge in [-0.25, -0.2) is 0 Å². The smallest absolute Gasteiger partial charge is 0.0690 e. The van der Waals surface area contributed by atoms with Gasteiger partial charge in [0.05, 0.1) is 23.2 Å². The highest BCUT2D eigenvalue weighted by Gasteiger charge is 2.41. The molecule has 0 bridgehead atoms. The van der Waals surface area contributed by atoms with E-state index in [1.807, 2.05) is 0 Å². The van der Waals surface area contributed by atoms with Crippen LogP contribution in [0.3, 0.4) is 0 Å². The third-order valence-corrected chi connectivity index (χ3v) is 5.34. The maximum absolute atomic E-state index is 9.65. The van der Waals surface area contributed by atoms with Gasteiger partial charge in [0, 0.05) is 0 Å². The van der Waals surface area contributed by atoms with Crippen LogP contribution in [0.15, 0.2) is 0 Å². The van der Waals surface area contributed by atoms with Crippen LogP contribution >= 0.6 is 0 Å². The van der Waals surface area contributed by atoms with Crippen molar-refractivity contribution >= 4 is 0 Å². The summed E-state index contributed by atoms with van der Waals surface area (Å²) in [5.74, 6) is 1.58. The minimum atomic E-state index is -0.101. The minimum absolute atomic E-state index is 0.0243. The topological polar surface area (TPSA) is 33.0 Å². The molecule has 2 nitrogen and oxygen atoms in total. The number of hydrogen-bond donors (Lipinski definition) is 0. The number of ether oxygens (including phenoxy) is 1. The summed E-state index contributed by atoms with van der Waals surface area (Å²) < 4.78 is 6.10. The van der Waals surface area contributed by atoms with Gasteiger partial charge in [-0.15, -0.1) is 0 Å². The van der Waals surface area contributed by atoms with Crippen LogP contribution in [0.1, 0.15) is 72.6 Å². The van der Waals surface area contributed by atoms with Crippen LogP contribution in [0.2, 0.25) is 0 Å². The Bertz CT molecular complexity index is 345. The first-order chi connectivity index (χ1) is 8.86. The van der Waals surface area contributed by atoms with Crippen molar-refractivity contribution in [1.29, 1.82) is 5.26 Å². The first kappa shape index (κ1) is 14.9. The second-order valence-electron chi connectivity index (χ2n) is 7.72. The molecule has 2 heteroatoms. The zero-order valence-electron chi connectivity index (χ0n) is 13.0. The Labute approximate surface area is 118 Å². The maximum atomic E-state index is 9.65. The first-order valence-corrected chi connectivity index (χ1v) is 7.95. The Kier molecular flexibility index (Phi) is 4.26. The maximum Gasteiger partial charge on any atom is 0.0690 e. The lowest BCUT2D eigenvalue weighted by Crippen LogP contribution is -2.32. The number of hydrogen-bond acceptors (Lipinski definition) is 2. The Balaban J connectivity index is 1.93. The van der Waals surface area contributed by atoms with E-state index < -0.39 is 0 Å². The molecule has 1 unspecified atom stereocenters. The lowest BCUT2D eigenvalue weighted by molar-refractivity contribution is -0.0353. The van der Waals surface area contributed by atoms with Crippen molar-refractivity contribution in [2.24, 2.45) is 17.3 Å². The van der Waals surface area contributed by atoms with E-state index in [1.54, 1.807) is 0 Å². The van der Waals surface area contributed by atoms with Crippen molar-refractivity contribution in [3.8, 4) is 6.07 Å². The molecule has 1 saturated carbocycles. The van der Waals surface area contributed by atoms with Crippen LogP contribution < -0.4 is 0 Å².